The predicted octanol–water partition coefficient (Wildman–Crippen LogP) is 0.131. The van der Waals surface area contributed by atoms with Crippen LogP contribution in [-0.4, -0.2) is 24.3 Å². The molecule has 14 heavy (non-hydrogen) atoms. The van der Waals surface area contributed by atoms with Gasteiger partial charge in [-0.3, -0.25) is 0 Å². The van der Waals surface area contributed by atoms with Crippen molar-refractivity contribution in [3.8, 4) is 5.75 Å². The Kier molecular flexibility index (Phi) is 3.13. The van der Waals surface area contributed by atoms with E-state index in [2.05, 4.69) is 0 Å². The van der Waals surface area contributed by atoms with Gasteiger partial charge in [-0.2, -0.15) is 0 Å². The summed E-state index contributed by atoms with van der Waals surface area (Å²) in [6.07, 6.45) is 0. The van der Waals surface area contributed by atoms with Crippen molar-refractivity contribution in [1.82, 2.24) is 0 Å². The minimum absolute atomic E-state index is 0.168. The van der Waals surface area contributed by atoms with Gasteiger partial charge in [0.2, 0.25) is 0 Å². The summed E-state index contributed by atoms with van der Waals surface area (Å²) in [7, 11) is -0.274. The SMILES string of the molecule is COc1cc(F)c(C)c(B(O)O)c1C. The van der Waals surface area contributed by atoms with Crippen LogP contribution >= 0.6 is 0 Å². The maximum atomic E-state index is 13.3. The lowest BCUT2D eigenvalue weighted by Crippen LogP contribution is -2.35. The number of methoxy groups -OCH3 is 1. The molecule has 0 bridgehead atoms. The van der Waals surface area contributed by atoms with Crippen molar-refractivity contribution < 1.29 is 19.2 Å². The third kappa shape index (κ3) is 1.74. The van der Waals surface area contributed by atoms with Gasteiger partial charge in [-0.05, 0) is 30.4 Å². The van der Waals surface area contributed by atoms with Crippen LogP contribution in [0.1, 0.15) is 11.1 Å². The number of benzene rings is 1. The molecule has 5 heteroatoms. The Bertz CT molecular complexity index is 352. The van der Waals surface area contributed by atoms with Crippen LogP contribution in [0.5, 0.6) is 5.75 Å². The summed E-state index contributed by atoms with van der Waals surface area (Å²) in [4.78, 5) is 0. The van der Waals surface area contributed by atoms with Gasteiger partial charge in [-0.1, -0.05) is 0 Å². The second kappa shape index (κ2) is 3.98. The van der Waals surface area contributed by atoms with Crippen molar-refractivity contribution >= 4 is 12.6 Å². The van der Waals surface area contributed by atoms with Crippen LogP contribution in [0, 0.1) is 19.7 Å². The lowest BCUT2D eigenvalue weighted by Gasteiger charge is -2.13. The molecule has 0 aromatic heterocycles. The van der Waals surface area contributed by atoms with Gasteiger partial charge in [0.05, 0.1) is 7.11 Å². The highest BCUT2D eigenvalue weighted by Gasteiger charge is 2.22. The van der Waals surface area contributed by atoms with Gasteiger partial charge in [0.1, 0.15) is 11.6 Å². The Hall–Kier alpha value is -1.07. The molecule has 0 atom stereocenters. The standard InChI is InChI=1S/C9H12BFO3/c1-5-7(11)4-8(14-3)6(2)9(5)10(12)13/h4,12-13H,1-3H3. The van der Waals surface area contributed by atoms with Gasteiger partial charge in [0, 0.05) is 6.07 Å². The quantitative estimate of drug-likeness (QED) is 0.664. The molecule has 1 aromatic rings. The molecule has 0 heterocycles. The predicted molar refractivity (Wildman–Crippen MR) is 52.3 cm³/mol. The Labute approximate surface area is 82.3 Å². The van der Waals surface area contributed by atoms with E-state index in [1.165, 1.54) is 20.1 Å². The minimum atomic E-state index is -1.68. The van der Waals surface area contributed by atoms with E-state index in [1.54, 1.807) is 6.92 Å². The van der Waals surface area contributed by atoms with Gasteiger partial charge >= 0.3 is 7.12 Å². The highest BCUT2D eigenvalue weighted by molar-refractivity contribution is 6.59. The van der Waals surface area contributed by atoms with Crippen LogP contribution in [0.2, 0.25) is 0 Å². The molecule has 0 spiro atoms. The summed E-state index contributed by atoms with van der Waals surface area (Å²) in [5.74, 6) is -0.188. The van der Waals surface area contributed by atoms with E-state index in [1.807, 2.05) is 0 Å². The zero-order chi connectivity index (χ0) is 10.9. The zero-order valence-corrected chi connectivity index (χ0v) is 8.34. The summed E-state index contributed by atoms with van der Waals surface area (Å²) in [5, 5.41) is 18.1. The van der Waals surface area contributed by atoms with Crippen LogP contribution in [0.25, 0.3) is 0 Å². The molecule has 2 N–H and O–H groups in total. The molecule has 0 saturated carbocycles. The van der Waals surface area contributed by atoms with Gasteiger partial charge in [-0.25, -0.2) is 4.39 Å². The second-order valence-electron chi connectivity index (χ2n) is 3.10. The molecule has 0 aliphatic heterocycles. The van der Waals surface area contributed by atoms with E-state index in [4.69, 9.17) is 14.8 Å². The maximum Gasteiger partial charge on any atom is 0.489 e. The van der Waals surface area contributed by atoms with Crippen molar-refractivity contribution in [2.45, 2.75) is 13.8 Å². The van der Waals surface area contributed by atoms with Gasteiger partial charge < -0.3 is 14.8 Å². The average Bonchev–Trinajstić information content (AvgIpc) is 2.11. The molecule has 0 amide bonds. The molecule has 0 unspecified atom stereocenters. The average molecular weight is 198 g/mol. The Morgan fingerprint density at radius 3 is 2.29 bits per heavy atom. The summed E-state index contributed by atoms with van der Waals surface area (Å²) < 4.78 is 18.2. The van der Waals surface area contributed by atoms with E-state index in [-0.39, 0.29) is 11.0 Å². The first kappa shape index (κ1) is 11.0. The minimum Gasteiger partial charge on any atom is -0.496 e. The molecule has 1 rings (SSSR count). The number of halogens is 1. The maximum absolute atomic E-state index is 13.3. The van der Waals surface area contributed by atoms with Gasteiger partial charge in [0.15, 0.2) is 0 Å². The highest BCUT2D eigenvalue weighted by Crippen LogP contribution is 2.19. The fraction of sp³-hybridized carbons (Fsp3) is 0.333. The van der Waals surface area contributed by atoms with E-state index in [9.17, 15) is 4.39 Å². The Morgan fingerprint density at radius 2 is 1.86 bits per heavy atom. The van der Waals surface area contributed by atoms with Crippen molar-refractivity contribution in [2.75, 3.05) is 7.11 Å². The largest absolute Gasteiger partial charge is 0.496 e. The highest BCUT2D eigenvalue weighted by atomic mass is 19.1. The Morgan fingerprint density at radius 1 is 1.29 bits per heavy atom. The smallest absolute Gasteiger partial charge is 0.489 e. The lowest BCUT2D eigenvalue weighted by molar-refractivity contribution is 0.404. The van der Waals surface area contributed by atoms with E-state index in [0.717, 1.165) is 0 Å². The monoisotopic (exact) mass is 198 g/mol. The van der Waals surface area contributed by atoms with Crippen LogP contribution in [-0.2, 0) is 0 Å². The zero-order valence-electron chi connectivity index (χ0n) is 8.34. The first-order chi connectivity index (χ1) is 6.49. The molecule has 0 fully saturated rings. The number of rotatable bonds is 2. The van der Waals surface area contributed by atoms with Crippen LogP contribution in [0.15, 0.2) is 6.07 Å². The molecule has 1 aromatic carbocycles. The molecule has 0 aliphatic rings. The van der Waals surface area contributed by atoms with Crippen LogP contribution in [0.4, 0.5) is 4.39 Å². The van der Waals surface area contributed by atoms with Crippen molar-refractivity contribution in [3.63, 3.8) is 0 Å². The first-order valence-corrected chi connectivity index (χ1v) is 4.18. The fourth-order valence-electron chi connectivity index (χ4n) is 1.47. The molecule has 0 saturated heterocycles. The molecular weight excluding hydrogens is 186 g/mol. The third-order valence-corrected chi connectivity index (χ3v) is 2.27. The second-order valence-corrected chi connectivity index (χ2v) is 3.10. The summed E-state index contributed by atoms with van der Waals surface area (Å²) in [6, 6.07) is 1.23. The molecular formula is C9H12BFO3. The lowest BCUT2D eigenvalue weighted by atomic mass is 9.74. The first-order valence-electron chi connectivity index (χ1n) is 4.18. The van der Waals surface area contributed by atoms with Gasteiger partial charge in [0.25, 0.3) is 0 Å². The molecule has 76 valence electrons. The Balaban J connectivity index is 3.45. The topological polar surface area (TPSA) is 49.7 Å². The van der Waals surface area contributed by atoms with E-state index >= 15 is 0 Å². The van der Waals surface area contributed by atoms with E-state index < -0.39 is 12.9 Å². The summed E-state index contributed by atoms with van der Waals surface area (Å²) >= 11 is 0. The van der Waals surface area contributed by atoms with Crippen LogP contribution in [0.3, 0.4) is 0 Å². The third-order valence-electron chi connectivity index (χ3n) is 2.27. The summed E-state index contributed by atoms with van der Waals surface area (Å²) in [5.41, 5.74) is 0.946. The van der Waals surface area contributed by atoms with Crippen molar-refractivity contribution in [2.24, 2.45) is 0 Å². The number of hydrogen-bond donors (Lipinski definition) is 2. The van der Waals surface area contributed by atoms with Crippen molar-refractivity contribution in [3.05, 3.63) is 23.0 Å². The fourth-order valence-corrected chi connectivity index (χ4v) is 1.47. The number of ether oxygens (including phenoxy) is 1. The van der Waals surface area contributed by atoms with E-state index in [0.29, 0.717) is 11.3 Å². The normalized spacial score (nSPS) is 10.1. The molecule has 0 aliphatic carbocycles. The number of hydrogen-bond acceptors (Lipinski definition) is 3. The van der Waals surface area contributed by atoms with Crippen LogP contribution < -0.4 is 10.2 Å². The molecule has 3 nitrogen and oxygen atoms in total. The molecule has 0 radical (unpaired) electrons. The van der Waals surface area contributed by atoms with Crippen molar-refractivity contribution in [1.29, 1.82) is 0 Å². The summed E-state index contributed by atoms with van der Waals surface area (Å²) in [6.45, 7) is 3.15. The van der Waals surface area contributed by atoms with Gasteiger partial charge in [-0.15, -0.1) is 0 Å².